The van der Waals surface area contributed by atoms with Crippen LogP contribution in [0.2, 0.25) is 0 Å². The van der Waals surface area contributed by atoms with Crippen LogP contribution in [0.25, 0.3) is 0 Å². The number of allylic oxidation sites excluding steroid dienone is 1. The molecule has 10 heavy (non-hydrogen) atoms. The van der Waals surface area contributed by atoms with Crippen LogP contribution in [0, 0.1) is 0 Å². The third kappa shape index (κ3) is 1.74. The van der Waals surface area contributed by atoms with Crippen LogP contribution in [0.3, 0.4) is 0 Å². The van der Waals surface area contributed by atoms with Gasteiger partial charge in [-0.15, -0.1) is 0 Å². The molecule has 0 spiro atoms. The lowest BCUT2D eigenvalue weighted by Crippen LogP contribution is -2.01. The van der Waals surface area contributed by atoms with Crippen molar-refractivity contribution in [2.75, 3.05) is 6.61 Å². The molecule has 0 unspecified atom stereocenters. The van der Waals surface area contributed by atoms with Gasteiger partial charge in [0.2, 0.25) is 0 Å². The Kier molecular flexibility index (Phi) is 2.75. The molecule has 1 fully saturated rings. The predicted molar refractivity (Wildman–Crippen MR) is 39.8 cm³/mol. The molecule has 0 aromatic heterocycles. The molecule has 0 radical (unpaired) electrons. The second-order valence-electron chi connectivity index (χ2n) is 2.77. The molecule has 0 saturated heterocycles. The molecule has 1 aliphatic rings. The second-order valence-corrected chi connectivity index (χ2v) is 2.77. The van der Waals surface area contributed by atoms with Crippen molar-refractivity contribution in [3.05, 3.63) is 11.3 Å². The Balaban J connectivity index is 2.51. The van der Waals surface area contributed by atoms with Crippen LogP contribution in [0.4, 0.5) is 0 Å². The van der Waals surface area contributed by atoms with Crippen molar-refractivity contribution in [3.63, 3.8) is 0 Å². The Hall–Kier alpha value is -0.500. The molecule has 0 bridgehead atoms. The molecule has 2 N–H and O–H groups in total. The smallest absolute Gasteiger partial charge is 0.117 e. The number of rotatable bonds is 1. The Bertz CT molecular complexity index is 130. The minimum absolute atomic E-state index is 0.185. The van der Waals surface area contributed by atoms with E-state index in [2.05, 4.69) is 0 Å². The highest BCUT2D eigenvalue weighted by atomic mass is 16.3. The minimum atomic E-state index is -0.185. The first kappa shape index (κ1) is 7.61. The fourth-order valence-corrected chi connectivity index (χ4v) is 1.38. The van der Waals surface area contributed by atoms with E-state index in [1.165, 1.54) is 19.3 Å². The summed E-state index contributed by atoms with van der Waals surface area (Å²) < 4.78 is 0. The molecule has 1 aliphatic carbocycles. The number of aliphatic hydroxyl groups excluding tert-OH is 2. The number of aliphatic hydroxyl groups is 2. The Morgan fingerprint density at radius 1 is 1.20 bits per heavy atom. The van der Waals surface area contributed by atoms with Gasteiger partial charge in [0.1, 0.15) is 12.4 Å². The zero-order chi connectivity index (χ0) is 7.40. The fourth-order valence-electron chi connectivity index (χ4n) is 1.38. The third-order valence-electron chi connectivity index (χ3n) is 2.01. The monoisotopic (exact) mass is 142 g/mol. The quantitative estimate of drug-likeness (QED) is 0.547. The first-order chi connectivity index (χ1) is 4.84. The van der Waals surface area contributed by atoms with Crippen LogP contribution < -0.4 is 0 Å². The molecule has 58 valence electrons. The third-order valence-corrected chi connectivity index (χ3v) is 2.01. The van der Waals surface area contributed by atoms with Gasteiger partial charge < -0.3 is 10.2 Å². The maximum atomic E-state index is 9.11. The first-order valence-corrected chi connectivity index (χ1v) is 3.85. The summed E-state index contributed by atoms with van der Waals surface area (Å²) in [5.41, 5.74) is 1.06. The average molecular weight is 142 g/mol. The van der Waals surface area contributed by atoms with Crippen LogP contribution in [0.1, 0.15) is 32.1 Å². The molecule has 0 aromatic carbocycles. The summed E-state index contributed by atoms with van der Waals surface area (Å²) in [6.45, 7) is -0.185. The Morgan fingerprint density at radius 3 is 2.30 bits per heavy atom. The van der Waals surface area contributed by atoms with Gasteiger partial charge in [-0.2, -0.15) is 0 Å². The second kappa shape index (κ2) is 3.62. The molecule has 1 rings (SSSR count). The lowest BCUT2D eigenvalue weighted by Gasteiger charge is -2.14. The number of hydrogen-bond acceptors (Lipinski definition) is 2. The van der Waals surface area contributed by atoms with Gasteiger partial charge in [0.15, 0.2) is 0 Å². The zero-order valence-corrected chi connectivity index (χ0v) is 6.14. The van der Waals surface area contributed by atoms with Crippen LogP contribution in [-0.2, 0) is 0 Å². The van der Waals surface area contributed by atoms with Gasteiger partial charge in [0.05, 0.1) is 0 Å². The van der Waals surface area contributed by atoms with E-state index in [9.17, 15) is 0 Å². The zero-order valence-electron chi connectivity index (χ0n) is 6.14. The van der Waals surface area contributed by atoms with Gasteiger partial charge in [-0.3, -0.25) is 0 Å². The van der Waals surface area contributed by atoms with Crippen LogP contribution >= 0.6 is 0 Å². The van der Waals surface area contributed by atoms with Gasteiger partial charge >= 0.3 is 0 Å². The summed E-state index contributed by atoms with van der Waals surface area (Å²) in [4.78, 5) is 0. The molecule has 2 nitrogen and oxygen atoms in total. The summed E-state index contributed by atoms with van der Waals surface area (Å²) in [6.07, 6.45) is 5.56. The lowest BCUT2D eigenvalue weighted by atomic mass is 9.94. The molecular weight excluding hydrogens is 128 g/mol. The molecule has 0 heterocycles. The summed E-state index contributed by atoms with van der Waals surface area (Å²) in [5.74, 6) is 0.208. The molecule has 0 aliphatic heterocycles. The van der Waals surface area contributed by atoms with Gasteiger partial charge in [-0.05, 0) is 31.3 Å². The molecule has 0 aromatic rings. The van der Waals surface area contributed by atoms with Crippen molar-refractivity contribution in [2.24, 2.45) is 0 Å². The molecule has 1 saturated carbocycles. The van der Waals surface area contributed by atoms with Gasteiger partial charge in [-0.25, -0.2) is 0 Å². The van der Waals surface area contributed by atoms with E-state index in [1.807, 2.05) is 0 Å². The van der Waals surface area contributed by atoms with Crippen LogP contribution in [0.15, 0.2) is 11.3 Å². The maximum absolute atomic E-state index is 9.11. The van der Waals surface area contributed by atoms with Crippen molar-refractivity contribution >= 4 is 0 Å². The van der Waals surface area contributed by atoms with Crippen molar-refractivity contribution < 1.29 is 10.2 Å². The maximum Gasteiger partial charge on any atom is 0.117 e. The first-order valence-electron chi connectivity index (χ1n) is 3.85. The summed E-state index contributed by atoms with van der Waals surface area (Å²) in [6, 6.07) is 0. The lowest BCUT2D eigenvalue weighted by molar-refractivity contribution is 0.246. The number of hydrogen-bond donors (Lipinski definition) is 2. The normalized spacial score (nSPS) is 19.1. The minimum Gasteiger partial charge on any atom is -0.510 e. The summed E-state index contributed by atoms with van der Waals surface area (Å²) in [7, 11) is 0. The van der Waals surface area contributed by atoms with E-state index >= 15 is 0 Å². The van der Waals surface area contributed by atoms with Crippen molar-refractivity contribution in [3.8, 4) is 0 Å². The topological polar surface area (TPSA) is 40.5 Å². The summed E-state index contributed by atoms with van der Waals surface area (Å²) in [5, 5.41) is 17.7. The molecule has 2 heteroatoms. The largest absolute Gasteiger partial charge is 0.510 e. The van der Waals surface area contributed by atoms with E-state index in [0.717, 1.165) is 18.4 Å². The fraction of sp³-hybridized carbons (Fsp3) is 0.750. The Morgan fingerprint density at radius 2 is 1.80 bits per heavy atom. The Labute approximate surface area is 61.2 Å². The summed E-state index contributed by atoms with van der Waals surface area (Å²) >= 11 is 0. The van der Waals surface area contributed by atoms with Gasteiger partial charge in [0, 0.05) is 0 Å². The highest BCUT2D eigenvalue weighted by Crippen LogP contribution is 2.24. The molecule has 0 atom stereocenters. The van der Waals surface area contributed by atoms with E-state index in [-0.39, 0.29) is 12.4 Å². The highest BCUT2D eigenvalue weighted by Gasteiger charge is 2.08. The molecular formula is C8H14O2. The predicted octanol–water partition coefficient (Wildman–Crippen LogP) is 1.75. The van der Waals surface area contributed by atoms with Crippen LogP contribution in [0.5, 0.6) is 0 Å². The van der Waals surface area contributed by atoms with Crippen LogP contribution in [-0.4, -0.2) is 16.8 Å². The van der Waals surface area contributed by atoms with Crippen molar-refractivity contribution in [1.82, 2.24) is 0 Å². The molecule has 0 amide bonds. The van der Waals surface area contributed by atoms with E-state index < -0.39 is 0 Å². The highest BCUT2D eigenvalue weighted by molar-refractivity contribution is 5.09. The van der Waals surface area contributed by atoms with Gasteiger partial charge in [0.25, 0.3) is 0 Å². The average Bonchev–Trinajstić information content (AvgIpc) is 2.05. The van der Waals surface area contributed by atoms with E-state index in [1.54, 1.807) is 0 Å². The van der Waals surface area contributed by atoms with E-state index in [4.69, 9.17) is 10.2 Å². The SMILES string of the molecule is OCC(O)=C1CCCCC1. The van der Waals surface area contributed by atoms with Gasteiger partial charge in [-0.1, -0.05) is 6.42 Å². The van der Waals surface area contributed by atoms with Crippen molar-refractivity contribution in [1.29, 1.82) is 0 Å². The standard InChI is InChI=1S/C8H14O2/c9-6-8(10)7-4-2-1-3-5-7/h9-10H,1-6H2. The van der Waals surface area contributed by atoms with E-state index in [0.29, 0.717) is 0 Å². The van der Waals surface area contributed by atoms with Crippen molar-refractivity contribution in [2.45, 2.75) is 32.1 Å².